The number of rotatable bonds is 1. The van der Waals surface area contributed by atoms with Gasteiger partial charge in [0.05, 0.1) is 5.69 Å². The average molecular weight is 190 g/mol. The van der Waals surface area contributed by atoms with Crippen molar-refractivity contribution in [1.29, 1.82) is 0 Å². The minimum absolute atomic E-state index is 0.131. The van der Waals surface area contributed by atoms with Gasteiger partial charge in [0, 0.05) is 17.8 Å². The molecule has 0 bridgehead atoms. The first-order valence-corrected chi connectivity index (χ1v) is 4.25. The van der Waals surface area contributed by atoms with Crippen LogP contribution in [-0.4, -0.2) is 14.9 Å². The summed E-state index contributed by atoms with van der Waals surface area (Å²) >= 11 is 0. The molecule has 1 aromatic carbocycles. The lowest BCUT2D eigenvalue weighted by Crippen LogP contribution is -2.13. The first kappa shape index (κ1) is 8.62. The molecule has 0 spiro atoms. The Morgan fingerprint density at radius 1 is 1.36 bits per heavy atom. The van der Waals surface area contributed by atoms with Gasteiger partial charge in [-0.05, 0) is 19.1 Å². The topological polar surface area (TPSA) is 58.0 Å². The number of hydrogen-bond acceptors (Lipinski definition) is 2. The number of nitrogens with zero attached hydrogens (tertiary/aromatic N) is 1. The van der Waals surface area contributed by atoms with E-state index in [0.717, 1.165) is 5.69 Å². The molecule has 2 aromatic rings. The number of phenols is 1. The maximum atomic E-state index is 11.4. The summed E-state index contributed by atoms with van der Waals surface area (Å²) in [6.07, 6.45) is 0. The molecule has 0 aliphatic heterocycles. The molecule has 0 saturated heterocycles. The maximum Gasteiger partial charge on any atom is 0.271 e. The quantitative estimate of drug-likeness (QED) is 0.709. The van der Waals surface area contributed by atoms with E-state index in [9.17, 15) is 9.90 Å². The summed E-state index contributed by atoms with van der Waals surface area (Å²) in [6, 6.07) is 8.02. The minimum Gasteiger partial charge on any atom is -0.508 e. The highest BCUT2D eigenvalue weighted by molar-refractivity contribution is 5.37. The molecule has 0 fully saturated rings. The van der Waals surface area contributed by atoms with E-state index in [1.807, 2.05) is 0 Å². The first-order valence-electron chi connectivity index (χ1n) is 4.25. The lowest BCUT2D eigenvalue weighted by molar-refractivity contribution is 0.474. The Hall–Kier alpha value is -1.97. The average Bonchev–Trinajstić information content (AvgIpc) is 2.45. The molecule has 0 aliphatic rings. The van der Waals surface area contributed by atoms with Gasteiger partial charge in [0.15, 0.2) is 0 Å². The summed E-state index contributed by atoms with van der Waals surface area (Å²) < 4.78 is 1.38. The van der Waals surface area contributed by atoms with Crippen LogP contribution in [0, 0.1) is 6.92 Å². The van der Waals surface area contributed by atoms with E-state index in [1.165, 1.54) is 16.8 Å². The Kier molecular flexibility index (Phi) is 1.89. The number of aromatic nitrogens is 2. The van der Waals surface area contributed by atoms with Gasteiger partial charge in [-0.2, -0.15) is 0 Å². The van der Waals surface area contributed by atoms with E-state index in [2.05, 4.69) is 5.10 Å². The lowest BCUT2D eigenvalue weighted by atomic mass is 10.3. The van der Waals surface area contributed by atoms with Crippen molar-refractivity contribution >= 4 is 0 Å². The van der Waals surface area contributed by atoms with Crippen LogP contribution in [0.3, 0.4) is 0 Å². The van der Waals surface area contributed by atoms with Crippen LogP contribution in [-0.2, 0) is 0 Å². The summed E-state index contributed by atoms with van der Waals surface area (Å²) in [5.41, 5.74) is 1.29. The van der Waals surface area contributed by atoms with Gasteiger partial charge in [0.25, 0.3) is 5.56 Å². The summed E-state index contributed by atoms with van der Waals surface area (Å²) in [6.45, 7) is 1.81. The predicted molar refractivity (Wildman–Crippen MR) is 52.8 cm³/mol. The van der Waals surface area contributed by atoms with Gasteiger partial charge in [0.2, 0.25) is 0 Å². The van der Waals surface area contributed by atoms with Crippen molar-refractivity contribution in [3.8, 4) is 11.4 Å². The molecule has 4 nitrogen and oxygen atoms in total. The van der Waals surface area contributed by atoms with E-state index in [-0.39, 0.29) is 11.3 Å². The van der Waals surface area contributed by atoms with Crippen molar-refractivity contribution < 1.29 is 5.11 Å². The molecular formula is C10H10N2O2. The molecule has 1 aromatic heterocycles. The zero-order valence-electron chi connectivity index (χ0n) is 7.69. The maximum absolute atomic E-state index is 11.4. The second-order valence-electron chi connectivity index (χ2n) is 3.13. The molecule has 0 amide bonds. The van der Waals surface area contributed by atoms with E-state index < -0.39 is 0 Å². The van der Waals surface area contributed by atoms with Crippen molar-refractivity contribution in [3.63, 3.8) is 0 Å². The van der Waals surface area contributed by atoms with Gasteiger partial charge in [0.1, 0.15) is 5.75 Å². The molecule has 0 aliphatic carbocycles. The highest BCUT2D eigenvalue weighted by Crippen LogP contribution is 2.12. The Bertz CT molecular complexity index is 511. The van der Waals surface area contributed by atoms with Crippen LogP contribution in [0.4, 0.5) is 0 Å². The molecular weight excluding hydrogens is 180 g/mol. The van der Waals surface area contributed by atoms with Crippen molar-refractivity contribution in [2.45, 2.75) is 6.92 Å². The van der Waals surface area contributed by atoms with Gasteiger partial charge < -0.3 is 5.11 Å². The summed E-state index contributed by atoms with van der Waals surface area (Å²) in [4.78, 5) is 11.4. The predicted octanol–water partition coefficient (Wildman–Crippen LogP) is 1.18. The normalized spacial score (nSPS) is 10.4. The smallest absolute Gasteiger partial charge is 0.271 e. The number of aryl methyl sites for hydroxylation is 1. The molecule has 2 N–H and O–H groups in total. The third-order valence-corrected chi connectivity index (χ3v) is 1.94. The molecule has 0 atom stereocenters. The fourth-order valence-electron chi connectivity index (χ4n) is 1.34. The van der Waals surface area contributed by atoms with E-state index >= 15 is 0 Å². The zero-order valence-corrected chi connectivity index (χ0v) is 7.69. The molecule has 2 rings (SSSR count). The number of H-pyrrole nitrogens is 1. The van der Waals surface area contributed by atoms with Crippen molar-refractivity contribution in [3.05, 3.63) is 46.4 Å². The number of hydrogen-bond donors (Lipinski definition) is 2. The van der Waals surface area contributed by atoms with Crippen LogP contribution < -0.4 is 5.56 Å². The van der Waals surface area contributed by atoms with E-state index in [1.54, 1.807) is 25.1 Å². The highest BCUT2D eigenvalue weighted by atomic mass is 16.3. The Morgan fingerprint density at radius 3 is 2.71 bits per heavy atom. The fraction of sp³-hybridized carbons (Fsp3) is 0.100. The van der Waals surface area contributed by atoms with Gasteiger partial charge in [-0.3, -0.25) is 9.89 Å². The van der Waals surface area contributed by atoms with Crippen molar-refractivity contribution in [2.24, 2.45) is 0 Å². The molecule has 72 valence electrons. The van der Waals surface area contributed by atoms with Crippen molar-refractivity contribution in [1.82, 2.24) is 9.78 Å². The van der Waals surface area contributed by atoms with E-state index in [4.69, 9.17) is 0 Å². The second kappa shape index (κ2) is 3.06. The number of aromatic amines is 1. The Balaban J connectivity index is 2.60. The van der Waals surface area contributed by atoms with Gasteiger partial charge >= 0.3 is 0 Å². The Morgan fingerprint density at radius 2 is 2.14 bits per heavy atom. The van der Waals surface area contributed by atoms with Crippen LogP contribution in [0.2, 0.25) is 0 Å². The fourth-order valence-corrected chi connectivity index (χ4v) is 1.34. The highest BCUT2D eigenvalue weighted by Gasteiger charge is 2.02. The van der Waals surface area contributed by atoms with Crippen LogP contribution in [0.15, 0.2) is 35.1 Å². The van der Waals surface area contributed by atoms with E-state index in [0.29, 0.717) is 5.69 Å². The number of aromatic hydroxyl groups is 1. The van der Waals surface area contributed by atoms with Crippen LogP contribution in [0.5, 0.6) is 5.75 Å². The van der Waals surface area contributed by atoms with Crippen LogP contribution in [0.25, 0.3) is 5.69 Å². The molecule has 0 unspecified atom stereocenters. The third-order valence-electron chi connectivity index (χ3n) is 1.94. The van der Waals surface area contributed by atoms with Crippen LogP contribution >= 0.6 is 0 Å². The standard InChI is InChI=1S/C10H10N2O2/c1-7-5-10(14)12(11-7)8-3-2-4-9(13)6-8/h2-6,11,13H,1H3. The monoisotopic (exact) mass is 190 g/mol. The minimum atomic E-state index is -0.131. The second-order valence-corrected chi connectivity index (χ2v) is 3.13. The van der Waals surface area contributed by atoms with Gasteiger partial charge in [-0.15, -0.1) is 0 Å². The molecule has 14 heavy (non-hydrogen) atoms. The SMILES string of the molecule is Cc1cc(=O)n(-c2cccc(O)c2)[nH]1. The molecule has 0 radical (unpaired) electrons. The van der Waals surface area contributed by atoms with Gasteiger partial charge in [-0.1, -0.05) is 6.07 Å². The number of benzene rings is 1. The lowest BCUT2D eigenvalue weighted by Gasteiger charge is -2.01. The molecule has 1 heterocycles. The summed E-state index contributed by atoms with van der Waals surface area (Å²) in [7, 11) is 0. The summed E-state index contributed by atoms with van der Waals surface area (Å²) in [5, 5.41) is 12.1. The van der Waals surface area contributed by atoms with Gasteiger partial charge in [-0.25, -0.2) is 4.68 Å². The van der Waals surface area contributed by atoms with Crippen LogP contribution in [0.1, 0.15) is 5.69 Å². The molecule has 4 heteroatoms. The largest absolute Gasteiger partial charge is 0.508 e. The molecule has 0 saturated carbocycles. The van der Waals surface area contributed by atoms with Crippen molar-refractivity contribution in [2.75, 3.05) is 0 Å². The first-order chi connectivity index (χ1) is 6.66. The Labute approximate surface area is 80.4 Å². The summed E-state index contributed by atoms with van der Waals surface area (Å²) in [5.74, 6) is 0.140. The number of phenolic OH excluding ortho intramolecular Hbond substituents is 1. The number of nitrogens with one attached hydrogen (secondary N) is 1. The third kappa shape index (κ3) is 1.42. The zero-order chi connectivity index (χ0) is 10.1.